The molecule has 0 unspecified atom stereocenters. The molecule has 18 heavy (non-hydrogen) atoms. The van der Waals surface area contributed by atoms with Crippen LogP contribution in [0.15, 0.2) is 0 Å². The zero-order valence-corrected chi connectivity index (χ0v) is 16.0. The van der Waals surface area contributed by atoms with Gasteiger partial charge in [-0.25, -0.2) is 0 Å². The molecule has 0 amide bonds. The van der Waals surface area contributed by atoms with Crippen molar-refractivity contribution in [3.63, 3.8) is 0 Å². The van der Waals surface area contributed by atoms with Gasteiger partial charge in [0.05, 0.1) is 94.9 Å². The fraction of sp³-hybridized carbons (Fsp3) is 0. The molecular formula is H8Cl8O9Zr. The van der Waals surface area contributed by atoms with Crippen LogP contribution >= 0.6 is 94.9 Å². The van der Waals surface area contributed by atoms with Gasteiger partial charge in [-0.15, -0.1) is 0 Å². The van der Waals surface area contributed by atoms with Crippen LogP contribution in [0.2, 0.25) is 0 Å². The molecule has 0 aliphatic heterocycles. The Morgan fingerprint density at radius 3 is 0.333 bits per heavy atom. The van der Waals surface area contributed by atoms with Crippen molar-refractivity contribution < 1.29 is 64.8 Å². The molecule has 0 atom stereocenters. The second-order valence-electron chi connectivity index (χ2n) is 0. The molecular weight excluding hydrogens is 519 g/mol. The van der Waals surface area contributed by atoms with E-state index in [0.29, 0.717) is 24.7 Å². The predicted octanol–water partition coefficient (Wildman–Crippen LogP) is 0.939. The SMILES string of the molecule is OCl.OCl.OCl.OCl.OCl.OCl.OCl.OCl.[O]=[Zr]. The first-order valence-corrected chi connectivity index (χ1v) is 5.26. The Labute approximate surface area is 158 Å². The predicted molar refractivity (Wildman–Crippen MR) is 65.3 cm³/mol. The molecule has 0 spiro atoms. The van der Waals surface area contributed by atoms with Crippen LogP contribution in [0.4, 0.5) is 0 Å². The molecule has 0 aromatic carbocycles. The van der Waals surface area contributed by atoms with Gasteiger partial charge in [0.25, 0.3) is 0 Å². The van der Waals surface area contributed by atoms with Gasteiger partial charge in [-0.05, 0) is 0 Å². The molecule has 0 rings (SSSR count). The molecule has 0 aliphatic rings. The molecule has 0 heterocycles. The molecule has 18 heteroatoms. The summed E-state index contributed by atoms with van der Waals surface area (Å²) in [4.78, 5) is 0. The second kappa shape index (κ2) is 954. The van der Waals surface area contributed by atoms with E-state index < -0.39 is 0 Å². The van der Waals surface area contributed by atoms with Crippen LogP contribution in [0.1, 0.15) is 0 Å². The van der Waals surface area contributed by atoms with Crippen LogP contribution in [-0.4, -0.2) is 37.3 Å². The van der Waals surface area contributed by atoms with Gasteiger partial charge in [-0.3, -0.25) is 37.3 Å². The third kappa shape index (κ3) is 811. The molecule has 0 aromatic heterocycles. The first kappa shape index (κ1) is 58.7. The molecule has 122 valence electrons. The Balaban J connectivity index is -0.00000000723. The van der Waals surface area contributed by atoms with Gasteiger partial charge in [-0.1, -0.05) is 0 Å². The average molecular weight is 527 g/mol. The summed E-state index contributed by atoms with van der Waals surface area (Å²) in [6, 6.07) is 0. The zero-order valence-electron chi connectivity index (χ0n) is 7.51. The number of rotatable bonds is 0. The van der Waals surface area contributed by atoms with E-state index >= 15 is 0 Å². The normalized spacial score (nSPS) is 2.83. The number of halogens is 8. The standard InChI is InChI=1S/8ClHO.O.Zr/c8*1-2;;/h8*2H;;. The summed E-state index contributed by atoms with van der Waals surface area (Å²) < 4.78 is 60.1. The molecule has 0 radical (unpaired) electrons. The van der Waals surface area contributed by atoms with Crippen molar-refractivity contribution >= 4 is 94.9 Å². The van der Waals surface area contributed by atoms with Crippen molar-refractivity contribution in [2.24, 2.45) is 0 Å². The van der Waals surface area contributed by atoms with E-state index in [2.05, 4.69) is 94.9 Å². The van der Waals surface area contributed by atoms with E-state index in [1.165, 1.54) is 0 Å². The summed E-state index contributed by atoms with van der Waals surface area (Å²) in [6.45, 7) is 0. The third-order valence-corrected chi connectivity index (χ3v) is 0. The van der Waals surface area contributed by atoms with Gasteiger partial charge >= 0.3 is 27.5 Å². The van der Waals surface area contributed by atoms with E-state index in [-0.39, 0.29) is 0 Å². The third-order valence-electron chi connectivity index (χ3n) is 0. The van der Waals surface area contributed by atoms with Gasteiger partial charge in [0.1, 0.15) is 0 Å². The number of hydrogen-bond acceptors (Lipinski definition) is 9. The maximum atomic E-state index is 8.34. The van der Waals surface area contributed by atoms with Crippen LogP contribution in [0.5, 0.6) is 0 Å². The summed E-state index contributed by atoms with van der Waals surface area (Å²) in [7, 11) is 0. The van der Waals surface area contributed by atoms with Gasteiger partial charge in [0.2, 0.25) is 0 Å². The Bertz CT molecular complexity index is 22.5. The zero-order chi connectivity index (χ0) is 18.0. The van der Waals surface area contributed by atoms with Crippen LogP contribution < -0.4 is 0 Å². The first-order chi connectivity index (χ1) is 9.00. The van der Waals surface area contributed by atoms with E-state index in [0.717, 1.165) is 0 Å². The summed E-state index contributed by atoms with van der Waals surface area (Å²) >= 11 is 29.4. The quantitative estimate of drug-likeness (QED) is 0.228. The van der Waals surface area contributed by atoms with Crippen molar-refractivity contribution in [3.05, 3.63) is 0 Å². The first-order valence-electron chi connectivity index (χ1n) is 1.56. The van der Waals surface area contributed by atoms with Gasteiger partial charge < -0.3 is 0 Å². The summed E-state index contributed by atoms with van der Waals surface area (Å²) in [6.07, 6.45) is 0. The van der Waals surface area contributed by atoms with Crippen molar-refractivity contribution in [2.75, 3.05) is 0 Å². The van der Waals surface area contributed by atoms with Crippen molar-refractivity contribution in [3.8, 4) is 0 Å². The van der Waals surface area contributed by atoms with E-state index in [4.69, 9.17) is 40.1 Å². The van der Waals surface area contributed by atoms with Crippen LogP contribution in [-0.2, 0) is 27.5 Å². The molecule has 0 saturated heterocycles. The number of hydrogen-bond donors (Lipinski definition) is 8. The minimum atomic E-state index is 0.300. The van der Waals surface area contributed by atoms with Crippen molar-refractivity contribution in [1.82, 2.24) is 0 Å². The van der Waals surface area contributed by atoms with E-state index in [1.807, 2.05) is 0 Å². The monoisotopic (exact) mass is 522 g/mol. The Kier molecular flexibility index (Phi) is 3110. The summed E-state index contributed by atoms with van der Waals surface area (Å²) in [5.74, 6) is 0. The molecule has 0 aromatic rings. The summed E-state index contributed by atoms with van der Waals surface area (Å²) in [5.41, 5.74) is 0. The van der Waals surface area contributed by atoms with Crippen molar-refractivity contribution in [2.45, 2.75) is 0 Å². The van der Waals surface area contributed by atoms with Crippen LogP contribution in [0, 0.1) is 0 Å². The molecule has 0 saturated carbocycles. The van der Waals surface area contributed by atoms with Gasteiger partial charge in [-0.2, -0.15) is 0 Å². The maximum absolute atomic E-state index is 8.34. The molecule has 0 bridgehead atoms. The van der Waals surface area contributed by atoms with Gasteiger partial charge in [0.15, 0.2) is 0 Å². The molecule has 0 aliphatic carbocycles. The van der Waals surface area contributed by atoms with Crippen LogP contribution in [0.3, 0.4) is 0 Å². The van der Waals surface area contributed by atoms with E-state index in [1.54, 1.807) is 0 Å². The Morgan fingerprint density at radius 1 is 0.333 bits per heavy atom. The summed E-state index contributed by atoms with van der Waals surface area (Å²) in [5, 5.41) is 0. The fourth-order valence-electron chi connectivity index (χ4n) is 0. The molecule has 0 fully saturated rings. The van der Waals surface area contributed by atoms with E-state index in [9.17, 15) is 0 Å². The Morgan fingerprint density at radius 2 is 0.333 bits per heavy atom. The average Bonchev–Trinajstić information content (AvgIpc) is 2.63. The van der Waals surface area contributed by atoms with Crippen molar-refractivity contribution in [1.29, 1.82) is 0 Å². The topological polar surface area (TPSA) is 179 Å². The second-order valence-corrected chi connectivity index (χ2v) is 0. The van der Waals surface area contributed by atoms with Gasteiger partial charge in [0, 0.05) is 0 Å². The Hall–Kier alpha value is 2.68. The molecule has 8 N–H and O–H groups in total. The minimum absolute atomic E-state index is 0.300. The fourth-order valence-corrected chi connectivity index (χ4v) is 0. The van der Waals surface area contributed by atoms with Crippen LogP contribution in [0.25, 0.3) is 0 Å². The molecule has 9 nitrogen and oxygen atoms in total.